The fourth-order valence-electron chi connectivity index (χ4n) is 2.49. The maximum atomic E-state index is 12.8. The van der Waals surface area contributed by atoms with Gasteiger partial charge in [0.25, 0.3) is 5.91 Å². The van der Waals surface area contributed by atoms with E-state index in [9.17, 15) is 22.8 Å². The smallest absolute Gasteiger partial charge is 0.419 e. The average Bonchev–Trinajstić information content (AvgIpc) is 2.52. The van der Waals surface area contributed by atoms with E-state index in [1.54, 1.807) is 0 Å². The maximum absolute atomic E-state index is 12.8. The van der Waals surface area contributed by atoms with Crippen LogP contribution in [0.25, 0.3) is 0 Å². The lowest BCUT2D eigenvalue weighted by Gasteiger charge is -2.31. The Bertz CT molecular complexity index is 590. The third-order valence-corrected chi connectivity index (χ3v) is 3.72. The average molecular weight is 330 g/mol. The molecule has 0 bridgehead atoms. The van der Waals surface area contributed by atoms with Gasteiger partial charge in [0, 0.05) is 13.1 Å². The molecule has 8 heteroatoms. The summed E-state index contributed by atoms with van der Waals surface area (Å²) in [6.07, 6.45) is -3.32. The zero-order valence-corrected chi connectivity index (χ0v) is 12.3. The molecule has 23 heavy (non-hydrogen) atoms. The summed E-state index contributed by atoms with van der Waals surface area (Å²) in [4.78, 5) is 24.7. The molecule has 2 rings (SSSR count). The zero-order chi connectivity index (χ0) is 17.0. The van der Waals surface area contributed by atoms with Gasteiger partial charge >= 0.3 is 6.18 Å². The molecule has 2 amide bonds. The van der Waals surface area contributed by atoms with Crippen molar-refractivity contribution in [1.82, 2.24) is 4.90 Å². The molecule has 0 spiro atoms. The highest BCUT2D eigenvalue weighted by molar-refractivity contribution is 5.81. The van der Waals surface area contributed by atoms with Crippen LogP contribution in [0.5, 0.6) is 5.75 Å². The number of para-hydroxylation sites is 1. The minimum atomic E-state index is -4.55. The van der Waals surface area contributed by atoms with Crippen molar-refractivity contribution < 1.29 is 27.5 Å². The van der Waals surface area contributed by atoms with Crippen LogP contribution >= 0.6 is 0 Å². The number of halogens is 3. The number of piperidine rings is 1. The van der Waals surface area contributed by atoms with Gasteiger partial charge in [0.2, 0.25) is 5.91 Å². The Balaban J connectivity index is 1.99. The third kappa shape index (κ3) is 4.37. The van der Waals surface area contributed by atoms with Crippen molar-refractivity contribution in [2.45, 2.75) is 19.0 Å². The first-order chi connectivity index (χ1) is 10.8. The van der Waals surface area contributed by atoms with Crippen LogP contribution in [0, 0.1) is 5.92 Å². The normalized spacial score (nSPS) is 18.6. The second-order valence-electron chi connectivity index (χ2n) is 5.36. The molecule has 1 aromatic carbocycles. The molecule has 1 fully saturated rings. The lowest BCUT2D eigenvalue weighted by molar-refractivity contribution is -0.142. The predicted molar refractivity (Wildman–Crippen MR) is 75.4 cm³/mol. The molecule has 1 atom stereocenters. The van der Waals surface area contributed by atoms with E-state index in [0.29, 0.717) is 19.4 Å². The summed E-state index contributed by atoms with van der Waals surface area (Å²) in [5.74, 6) is -1.76. The SMILES string of the molecule is NC(=O)[C@H]1CCCN(C(=O)COc2ccccc2C(F)(F)F)C1. The molecule has 0 aliphatic carbocycles. The first kappa shape index (κ1) is 17.1. The van der Waals surface area contributed by atoms with Gasteiger partial charge in [-0.25, -0.2) is 0 Å². The van der Waals surface area contributed by atoms with Crippen molar-refractivity contribution in [3.05, 3.63) is 29.8 Å². The van der Waals surface area contributed by atoms with E-state index in [2.05, 4.69) is 0 Å². The van der Waals surface area contributed by atoms with E-state index in [1.165, 1.54) is 23.1 Å². The number of likely N-dealkylation sites (tertiary alicyclic amines) is 1. The van der Waals surface area contributed by atoms with Crippen molar-refractivity contribution >= 4 is 11.8 Å². The van der Waals surface area contributed by atoms with E-state index in [4.69, 9.17) is 10.5 Å². The molecule has 0 unspecified atom stereocenters. The number of carbonyl (C=O) groups excluding carboxylic acids is 2. The zero-order valence-electron chi connectivity index (χ0n) is 12.3. The van der Waals surface area contributed by atoms with Gasteiger partial charge in [0.1, 0.15) is 5.75 Å². The molecular weight excluding hydrogens is 313 g/mol. The Morgan fingerprint density at radius 3 is 2.65 bits per heavy atom. The second kappa shape index (κ2) is 6.89. The lowest BCUT2D eigenvalue weighted by Crippen LogP contribution is -2.45. The van der Waals surface area contributed by atoms with Gasteiger partial charge in [-0.15, -0.1) is 0 Å². The van der Waals surface area contributed by atoms with Crippen LogP contribution in [-0.2, 0) is 15.8 Å². The molecule has 126 valence electrons. The molecule has 1 saturated heterocycles. The monoisotopic (exact) mass is 330 g/mol. The number of hydrogen-bond donors (Lipinski definition) is 1. The molecule has 1 aliphatic rings. The number of amides is 2. The molecule has 1 heterocycles. The fourth-order valence-corrected chi connectivity index (χ4v) is 2.49. The van der Waals surface area contributed by atoms with Crippen LogP contribution in [0.1, 0.15) is 18.4 Å². The molecule has 1 aliphatic heterocycles. The number of nitrogens with zero attached hydrogens (tertiary/aromatic N) is 1. The van der Waals surface area contributed by atoms with Crippen molar-refractivity contribution in [2.75, 3.05) is 19.7 Å². The van der Waals surface area contributed by atoms with Gasteiger partial charge in [-0.3, -0.25) is 9.59 Å². The van der Waals surface area contributed by atoms with E-state index in [1.807, 2.05) is 0 Å². The van der Waals surface area contributed by atoms with Crippen LogP contribution in [0.2, 0.25) is 0 Å². The van der Waals surface area contributed by atoms with E-state index >= 15 is 0 Å². The van der Waals surface area contributed by atoms with Gasteiger partial charge in [-0.2, -0.15) is 13.2 Å². The molecular formula is C15H17F3N2O3. The first-order valence-electron chi connectivity index (χ1n) is 7.15. The van der Waals surface area contributed by atoms with Crippen LogP contribution in [0.3, 0.4) is 0 Å². The van der Waals surface area contributed by atoms with E-state index in [-0.39, 0.29) is 6.54 Å². The number of rotatable bonds is 4. The summed E-state index contributed by atoms with van der Waals surface area (Å²) >= 11 is 0. The van der Waals surface area contributed by atoms with Crippen molar-refractivity contribution in [2.24, 2.45) is 11.7 Å². The van der Waals surface area contributed by atoms with E-state index in [0.717, 1.165) is 6.07 Å². The van der Waals surface area contributed by atoms with Crippen molar-refractivity contribution in [1.29, 1.82) is 0 Å². The predicted octanol–water partition coefficient (Wildman–Crippen LogP) is 1.81. The second-order valence-corrected chi connectivity index (χ2v) is 5.36. The lowest BCUT2D eigenvalue weighted by atomic mass is 9.97. The molecule has 0 radical (unpaired) electrons. The number of benzene rings is 1. The van der Waals surface area contributed by atoms with Crippen LogP contribution in [-0.4, -0.2) is 36.4 Å². The van der Waals surface area contributed by atoms with Gasteiger partial charge in [-0.1, -0.05) is 12.1 Å². The third-order valence-electron chi connectivity index (χ3n) is 3.72. The largest absolute Gasteiger partial charge is 0.483 e. The summed E-state index contributed by atoms with van der Waals surface area (Å²) in [6, 6.07) is 4.71. The van der Waals surface area contributed by atoms with E-state index < -0.39 is 41.8 Å². The number of ether oxygens (including phenoxy) is 1. The topological polar surface area (TPSA) is 72.6 Å². The fraction of sp³-hybridized carbons (Fsp3) is 0.467. The van der Waals surface area contributed by atoms with Crippen molar-refractivity contribution in [3.63, 3.8) is 0 Å². The van der Waals surface area contributed by atoms with Gasteiger partial charge in [-0.05, 0) is 25.0 Å². The van der Waals surface area contributed by atoms with Crippen LogP contribution in [0.15, 0.2) is 24.3 Å². The number of carbonyl (C=O) groups is 2. The van der Waals surface area contributed by atoms with Crippen LogP contribution < -0.4 is 10.5 Å². The molecule has 5 nitrogen and oxygen atoms in total. The summed E-state index contributed by atoms with van der Waals surface area (Å²) in [5, 5.41) is 0. The molecule has 2 N–H and O–H groups in total. The highest BCUT2D eigenvalue weighted by atomic mass is 19.4. The summed E-state index contributed by atoms with van der Waals surface area (Å²) in [6.45, 7) is 0.101. The Kier molecular flexibility index (Phi) is 5.12. The number of primary amides is 1. The van der Waals surface area contributed by atoms with Crippen LogP contribution in [0.4, 0.5) is 13.2 Å². The Labute approximate surface area is 131 Å². The number of nitrogens with two attached hydrogens (primary N) is 1. The maximum Gasteiger partial charge on any atom is 0.419 e. The quantitative estimate of drug-likeness (QED) is 0.915. The highest BCUT2D eigenvalue weighted by Gasteiger charge is 2.34. The van der Waals surface area contributed by atoms with Crippen molar-refractivity contribution in [3.8, 4) is 5.75 Å². The Hall–Kier alpha value is -2.25. The Morgan fingerprint density at radius 2 is 2.00 bits per heavy atom. The minimum absolute atomic E-state index is 0.179. The molecule has 0 aromatic heterocycles. The molecule has 1 aromatic rings. The van der Waals surface area contributed by atoms with Gasteiger partial charge in [0.05, 0.1) is 11.5 Å². The van der Waals surface area contributed by atoms with Gasteiger partial charge < -0.3 is 15.4 Å². The number of hydrogen-bond acceptors (Lipinski definition) is 3. The van der Waals surface area contributed by atoms with Gasteiger partial charge in [0.15, 0.2) is 6.61 Å². The molecule has 0 saturated carbocycles. The standard InChI is InChI=1S/C15H17F3N2O3/c16-15(17,18)11-5-1-2-6-12(11)23-9-13(21)20-7-3-4-10(8-20)14(19)22/h1-2,5-6,10H,3-4,7-9H2,(H2,19,22)/t10-/m0/s1. The summed E-state index contributed by atoms with van der Waals surface area (Å²) in [5.41, 5.74) is 4.30. The first-order valence-corrected chi connectivity index (χ1v) is 7.15. The highest BCUT2D eigenvalue weighted by Crippen LogP contribution is 2.35. The number of alkyl halides is 3. The Morgan fingerprint density at radius 1 is 1.30 bits per heavy atom. The minimum Gasteiger partial charge on any atom is -0.483 e. The summed E-state index contributed by atoms with van der Waals surface area (Å²) in [7, 11) is 0. The summed E-state index contributed by atoms with van der Waals surface area (Å²) < 4.78 is 43.6.